The van der Waals surface area contributed by atoms with Gasteiger partial charge in [0, 0.05) is 0 Å². The summed E-state index contributed by atoms with van der Waals surface area (Å²) < 4.78 is 0. The molecular formula is C14H13ClN2O. The molecule has 0 unspecified atom stereocenters. The van der Waals surface area contributed by atoms with Gasteiger partial charge in [-0.15, -0.1) is 0 Å². The van der Waals surface area contributed by atoms with Crippen molar-refractivity contribution in [3.05, 3.63) is 68.9 Å². The number of hydrogen-bond acceptors (Lipinski definition) is 2. The predicted octanol–water partition coefficient (Wildman–Crippen LogP) is 3.27. The highest BCUT2D eigenvalue weighted by Crippen LogP contribution is 2.27. The second-order valence-electron chi connectivity index (χ2n) is 4.14. The van der Waals surface area contributed by atoms with Crippen LogP contribution in [0.3, 0.4) is 0 Å². The van der Waals surface area contributed by atoms with E-state index in [0.29, 0.717) is 5.56 Å². The molecule has 0 amide bonds. The third kappa shape index (κ3) is 2.36. The monoisotopic (exact) mass is 260 g/mol. The Morgan fingerprint density at radius 1 is 1.22 bits per heavy atom. The maximum Gasteiger partial charge on any atom is 0.260 e. The van der Waals surface area contributed by atoms with Crippen LogP contribution in [-0.2, 0) is 0 Å². The van der Waals surface area contributed by atoms with Crippen LogP contribution < -0.4 is 5.56 Å². The molecular weight excluding hydrogens is 248 g/mol. The van der Waals surface area contributed by atoms with Gasteiger partial charge in [0.05, 0.1) is 11.9 Å². The summed E-state index contributed by atoms with van der Waals surface area (Å²) in [4.78, 5) is 18.5. The summed E-state index contributed by atoms with van der Waals surface area (Å²) in [5, 5.41) is 0.221. The molecule has 1 N–H and O–H groups in total. The number of allylic oxidation sites excluding steroid dienone is 1. The molecule has 0 saturated carbocycles. The van der Waals surface area contributed by atoms with Gasteiger partial charge < -0.3 is 4.98 Å². The van der Waals surface area contributed by atoms with E-state index in [4.69, 9.17) is 11.6 Å². The van der Waals surface area contributed by atoms with Gasteiger partial charge in [0.25, 0.3) is 5.56 Å². The van der Waals surface area contributed by atoms with E-state index in [1.807, 2.05) is 44.2 Å². The van der Waals surface area contributed by atoms with Gasteiger partial charge in [0.1, 0.15) is 5.15 Å². The Hall–Kier alpha value is -1.87. The lowest BCUT2D eigenvalue weighted by Gasteiger charge is -2.10. The van der Waals surface area contributed by atoms with E-state index in [1.54, 1.807) is 0 Å². The number of hydrogen-bond donors (Lipinski definition) is 1. The van der Waals surface area contributed by atoms with Crippen LogP contribution in [-0.4, -0.2) is 9.97 Å². The number of nitrogens with zero attached hydrogens (tertiary/aromatic N) is 1. The van der Waals surface area contributed by atoms with E-state index >= 15 is 0 Å². The maximum atomic E-state index is 11.9. The molecule has 0 bridgehead atoms. The summed E-state index contributed by atoms with van der Waals surface area (Å²) in [6, 6.07) is 9.69. The molecule has 4 heteroatoms. The van der Waals surface area contributed by atoms with Crippen LogP contribution in [0, 0.1) is 0 Å². The molecule has 0 fully saturated rings. The van der Waals surface area contributed by atoms with Crippen molar-refractivity contribution in [2.75, 3.05) is 0 Å². The first-order chi connectivity index (χ1) is 8.61. The highest BCUT2D eigenvalue weighted by molar-refractivity contribution is 6.31. The molecule has 0 radical (unpaired) electrons. The topological polar surface area (TPSA) is 45.8 Å². The van der Waals surface area contributed by atoms with Crippen molar-refractivity contribution in [2.45, 2.75) is 13.8 Å². The third-order valence-corrected chi connectivity index (χ3v) is 2.91. The minimum Gasteiger partial charge on any atom is -0.313 e. The lowest BCUT2D eigenvalue weighted by atomic mass is 9.96. The van der Waals surface area contributed by atoms with E-state index in [2.05, 4.69) is 9.97 Å². The zero-order chi connectivity index (χ0) is 13.1. The standard InChI is InChI=1S/C14H13ClN2O/c1-9(2)11(10-6-4-3-5-7-10)12-13(15)16-8-17-14(12)18/h3-8H,1-2H3,(H,16,17,18). The predicted molar refractivity (Wildman–Crippen MR) is 73.7 cm³/mol. The molecule has 1 aromatic heterocycles. The minimum atomic E-state index is -0.227. The number of halogens is 1. The summed E-state index contributed by atoms with van der Waals surface area (Å²) in [5.41, 5.74) is 3.00. The summed E-state index contributed by atoms with van der Waals surface area (Å²) in [5.74, 6) is 0. The Morgan fingerprint density at radius 2 is 1.89 bits per heavy atom. The van der Waals surface area contributed by atoms with Gasteiger partial charge in [-0.25, -0.2) is 4.98 Å². The first-order valence-electron chi connectivity index (χ1n) is 5.57. The lowest BCUT2D eigenvalue weighted by molar-refractivity contribution is 1.10. The van der Waals surface area contributed by atoms with Crippen LogP contribution in [0.4, 0.5) is 0 Å². The molecule has 18 heavy (non-hydrogen) atoms. The van der Waals surface area contributed by atoms with Gasteiger partial charge >= 0.3 is 0 Å². The molecule has 0 atom stereocenters. The van der Waals surface area contributed by atoms with Crippen molar-refractivity contribution in [1.82, 2.24) is 9.97 Å². The molecule has 3 nitrogen and oxygen atoms in total. The molecule has 1 heterocycles. The van der Waals surface area contributed by atoms with Crippen LogP contribution in [0.25, 0.3) is 5.57 Å². The van der Waals surface area contributed by atoms with Gasteiger partial charge in [-0.3, -0.25) is 4.79 Å². The number of benzene rings is 1. The van der Waals surface area contributed by atoms with E-state index < -0.39 is 0 Å². The van der Waals surface area contributed by atoms with Crippen LogP contribution in [0.15, 0.2) is 47.0 Å². The summed E-state index contributed by atoms with van der Waals surface area (Å²) in [7, 11) is 0. The van der Waals surface area contributed by atoms with Crippen molar-refractivity contribution >= 4 is 17.2 Å². The number of aromatic amines is 1. The van der Waals surface area contributed by atoms with E-state index in [-0.39, 0.29) is 10.7 Å². The van der Waals surface area contributed by atoms with Gasteiger partial charge in [-0.05, 0) is 25.0 Å². The fourth-order valence-electron chi connectivity index (χ4n) is 1.88. The Balaban J connectivity index is 2.73. The Bertz CT molecular complexity index is 640. The zero-order valence-electron chi connectivity index (χ0n) is 10.2. The lowest BCUT2D eigenvalue weighted by Crippen LogP contribution is -2.14. The molecule has 0 spiro atoms. The van der Waals surface area contributed by atoms with Crippen LogP contribution >= 0.6 is 11.6 Å². The molecule has 0 aliphatic rings. The Kier molecular flexibility index (Phi) is 3.63. The molecule has 0 saturated heterocycles. The molecule has 2 aromatic rings. The highest BCUT2D eigenvalue weighted by Gasteiger charge is 2.15. The first-order valence-corrected chi connectivity index (χ1v) is 5.95. The summed E-state index contributed by atoms with van der Waals surface area (Å²) in [6.45, 7) is 3.90. The second kappa shape index (κ2) is 5.19. The van der Waals surface area contributed by atoms with Crippen molar-refractivity contribution in [2.24, 2.45) is 0 Å². The van der Waals surface area contributed by atoms with Gasteiger partial charge in [0.15, 0.2) is 0 Å². The number of H-pyrrole nitrogens is 1. The molecule has 2 rings (SSSR count). The largest absolute Gasteiger partial charge is 0.313 e. The van der Waals surface area contributed by atoms with Crippen LogP contribution in [0.2, 0.25) is 5.15 Å². The average molecular weight is 261 g/mol. The van der Waals surface area contributed by atoms with E-state index in [9.17, 15) is 4.79 Å². The highest BCUT2D eigenvalue weighted by atomic mass is 35.5. The minimum absolute atomic E-state index is 0.221. The molecule has 0 aliphatic carbocycles. The number of rotatable bonds is 2. The molecule has 92 valence electrons. The van der Waals surface area contributed by atoms with Crippen LogP contribution in [0.5, 0.6) is 0 Å². The number of nitrogens with one attached hydrogen (secondary N) is 1. The second-order valence-corrected chi connectivity index (χ2v) is 4.50. The average Bonchev–Trinajstić information content (AvgIpc) is 2.34. The fourth-order valence-corrected chi connectivity index (χ4v) is 2.11. The normalized spacial score (nSPS) is 10.2. The summed E-state index contributed by atoms with van der Waals surface area (Å²) >= 11 is 6.05. The van der Waals surface area contributed by atoms with E-state index in [1.165, 1.54) is 6.33 Å². The Labute approximate surface area is 110 Å². The third-order valence-electron chi connectivity index (χ3n) is 2.62. The van der Waals surface area contributed by atoms with E-state index in [0.717, 1.165) is 16.7 Å². The van der Waals surface area contributed by atoms with Crippen molar-refractivity contribution in [3.8, 4) is 0 Å². The van der Waals surface area contributed by atoms with Crippen molar-refractivity contribution in [3.63, 3.8) is 0 Å². The SMILES string of the molecule is CC(C)=C(c1ccccc1)c1c(Cl)nc[nH]c1=O. The zero-order valence-corrected chi connectivity index (χ0v) is 11.0. The molecule has 1 aromatic carbocycles. The van der Waals surface area contributed by atoms with Gasteiger partial charge in [-0.2, -0.15) is 0 Å². The van der Waals surface area contributed by atoms with Gasteiger partial charge in [0.2, 0.25) is 0 Å². The number of aromatic nitrogens is 2. The fraction of sp³-hybridized carbons (Fsp3) is 0.143. The summed E-state index contributed by atoms with van der Waals surface area (Å²) in [6.07, 6.45) is 1.31. The smallest absolute Gasteiger partial charge is 0.260 e. The van der Waals surface area contributed by atoms with Gasteiger partial charge in [-0.1, -0.05) is 47.5 Å². The van der Waals surface area contributed by atoms with Crippen LogP contribution in [0.1, 0.15) is 25.0 Å². The molecule has 0 aliphatic heterocycles. The maximum absolute atomic E-state index is 11.9. The first kappa shape index (κ1) is 12.6. The quantitative estimate of drug-likeness (QED) is 0.843. The van der Waals surface area contributed by atoms with Crippen molar-refractivity contribution in [1.29, 1.82) is 0 Å². The Morgan fingerprint density at radius 3 is 2.44 bits per heavy atom. The van der Waals surface area contributed by atoms with Crippen molar-refractivity contribution < 1.29 is 0 Å².